The second-order valence-corrected chi connectivity index (χ2v) is 3.54. The lowest BCUT2D eigenvalue weighted by Gasteiger charge is -2.20. The van der Waals surface area contributed by atoms with Gasteiger partial charge in [-0.05, 0) is 0 Å². The molecule has 9 heteroatoms. The normalized spacial score (nSPS) is 26.7. The van der Waals surface area contributed by atoms with Gasteiger partial charge in [0.1, 0.15) is 6.10 Å². The molecule has 0 aliphatic carbocycles. The summed E-state index contributed by atoms with van der Waals surface area (Å²) in [5, 5.41) is 35.4. The molecule has 1 fully saturated rings. The van der Waals surface area contributed by atoms with Crippen LogP contribution < -0.4 is 0 Å². The van der Waals surface area contributed by atoms with Gasteiger partial charge in [0, 0.05) is 0 Å². The van der Waals surface area contributed by atoms with Crippen LogP contribution in [0.5, 0.6) is 0 Å². The number of hydrogen-bond acceptors (Lipinski definition) is 9. The molecular formula is C9H12O9. The van der Waals surface area contributed by atoms with Crippen molar-refractivity contribution in [3.05, 3.63) is 0 Å². The molecule has 1 aliphatic heterocycles. The van der Waals surface area contributed by atoms with Crippen LogP contribution in [0.15, 0.2) is 0 Å². The summed E-state index contributed by atoms with van der Waals surface area (Å²) in [4.78, 5) is 33.4. The van der Waals surface area contributed by atoms with Crippen molar-refractivity contribution in [2.75, 3.05) is 13.2 Å². The monoisotopic (exact) mass is 264 g/mol. The Bertz CT molecular complexity index is 352. The fourth-order valence-corrected chi connectivity index (χ4v) is 1.29. The summed E-state index contributed by atoms with van der Waals surface area (Å²) in [7, 11) is 0. The first-order valence-electron chi connectivity index (χ1n) is 4.95. The Morgan fingerprint density at radius 2 is 1.89 bits per heavy atom. The number of ketones is 1. The molecule has 102 valence electrons. The van der Waals surface area contributed by atoms with Crippen LogP contribution in [0.1, 0.15) is 0 Å². The summed E-state index contributed by atoms with van der Waals surface area (Å²) in [6, 6.07) is 0. The Balaban J connectivity index is 2.79. The fraction of sp³-hybridized carbons (Fsp3) is 0.667. The third kappa shape index (κ3) is 2.82. The number of aliphatic hydroxyl groups excluding tert-OH is 4. The first kappa shape index (κ1) is 14.5. The van der Waals surface area contributed by atoms with E-state index in [1.165, 1.54) is 0 Å². The van der Waals surface area contributed by atoms with Gasteiger partial charge >= 0.3 is 11.9 Å². The van der Waals surface area contributed by atoms with E-state index in [0.717, 1.165) is 0 Å². The van der Waals surface area contributed by atoms with Crippen LogP contribution in [0, 0.1) is 0 Å². The molecule has 1 heterocycles. The van der Waals surface area contributed by atoms with Gasteiger partial charge in [-0.15, -0.1) is 0 Å². The zero-order valence-electron chi connectivity index (χ0n) is 9.05. The number of cyclic esters (lactones) is 1. The third-order valence-corrected chi connectivity index (χ3v) is 2.26. The van der Waals surface area contributed by atoms with Crippen LogP contribution in [-0.4, -0.2) is 75.8 Å². The highest BCUT2D eigenvalue weighted by Crippen LogP contribution is 2.19. The summed E-state index contributed by atoms with van der Waals surface area (Å²) < 4.78 is 8.90. The Hall–Kier alpha value is -1.55. The first-order valence-corrected chi connectivity index (χ1v) is 4.95. The van der Waals surface area contributed by atoms with Crippen molar-refractivity contribution in [3.8, 4) is 0 Å². The number of hydrogen-bond donors (Lipinski definition) is 4. The standard InChI is InChI=1S/C9H12O9/c10-1-3(12)6-7(5(14)9(16)17-6)18-8(15)4(13)2-11/h3-4,6-7,10-13H,1-2H2/t3-,4?,6+,7?/m0/s1. The molecule has 0 spiro atoms. The second-order valence-electron chi connectivity index (χ2n) is 3.54. The van der Waals surface area contributed by atoms with Crippen molar-refractivity contribution >= 4 is 17.7 Å². The smallest absolute Gasteiger partial charge is 0.379 e. The van der Waals surface area contributed by atoms with E-state index in [4.69, 9.17) is 15.3 Å². The Kier molecular flexibility index (Phi) is 4.73. The minimum absolute atomic E-state index is 0.818. The van der Waals surface area contributed by atoms with Gasteiger partial charge in [-0.25, -0.2) is 9.59 Å². The number of esters is 2. The van der Waals surface area contributed by atoms with Crippen molar-refractivity contribution in [2.24, 2.45) is 0 Å². The van der Waals surface area contributed by atoms with Gasteiger partial charge in [-0.3, -0.25) is 4.79 Å². The molecule has 0 aromatic heterocycles. The van der Waals surface area contributed by atoms with Gasteiger partial charge in [0.2, 0.25) is 6.10 Å². The highest BCUT2D eigenvalue weighted by Gasteiger charge is 2.50. The van der Waals surface area contributed by atoms with E-state index < -0.39 is 55.4 Å². The van der Waals surface area contributed by atoms with E-state index in [1.807, 2.05) is 0 Å². The molecule has 0 amide bonds. The van der Waals surface area contributed by atoms with Crippen LogP contribution in [0.4, 0.5) is 0 Å². The molecule has 0 bridgehead atoms. The average Bonchev–Trinajstić information content (AvgIpc) is 2.64. The molecule has 1 rings (SSSR count). The van der Waals surface area contributed by atoms with Gasteiger partial charge in [-0.1, -0.05) is 0 Å². The summed E-state index contributed by atoms with van der Waals surface area (Å²) in [6.07, 6.45) is -6.77. The lowest BCUT2D eigenvalue weighted by atomic mass is 10.1. The Morgan fingerprint density at radius 3 is 2.39 bits per heavy atom. The summed E-state index contributed by atoms with van der Waals surface area (Å²) in [5.74, 6) is -3.88. The lowest BCUT2D eigenvalue weighted by molar-refractivity contribution is -0.170. The average molecular weight is 264 g/mol. The largest absolute Gasteiger partial charge is 0.449 e. The van der Waals surface area contributed by atoms with Crippen LogP contribution in [0.3, 0.4) is 0 Å². The molecule has 4 N–H and O–H groups in total. The second kappa shape index (κ2) is 5.87. The molecule has 2 unspecified atom stereocenters. The molecular weight excluding hydrogens is 252 g/mol. The van der Waals surface area contributed by atoms with Crippen LogP contribution in [-0.2, 0) is 23.9 Å². The molecule has 0 aromatic rings. The van der Waals surface area contributed by atoms with Crippen molar-refractivity contribution in [3.63, 3.8) is 0 Å². The predicted octanol–water partition coefficient (Wildman–Crippen LogP) is -3.90. The third-order valence-electron chi connectivity index (χ3n) is 2.26. The van der Waals surface area contributed by atoms with Gasteiger partial charge < -0.3 is 29.9 Å². The minimum atomic E-state index is -1.87. The Morgan fingerprint density at radius 1 is 1.28 bits per heavy atom. The first-order chi connectivity index (χ1) is 8.42. The zero-order chi connectivity index (χ0) is 13.9. The summed E-state index contributed by atoms with van der Waals surface area (Å²) in [6.45, 7) is -1.75. The topological polar surface area (TPSA) is 151 Å². The van der Waals surface area contributed by atoms with E-state index in [1.54, 1.807) is 0 Å². The van der Waals surface area contributed by atoms with Gasteiger partial charge in [0.25, 0.3) is 5.78 Å². The van der Waals surface area contributed by atoms with Crippen LogP contribution in [0.25, 0.3) is 0 Å². The Labute approximate surface area is 101 Å². The molecule has 0 radical (unpaired) electrons. The molecule has 1 aliphatic rings. The van der Waals surface area contributed by atoms with E-state index in [-0.39, 0.29) is 0 Å². The summed E-state index contributed by atoms with van der Waals surface area (Å²) >= 11 is 0. The zero-order valence-corrected chi connectivity index (χ0v) is 9.05. The van der Waals surface area contributed by atoms with E-state index in [9.17, 15) is 19.5 Å². The maximum absolute atomic E-state index is 11.3. The van der Waals surface area contributed by atoms with Gasteiger partial charge in [0.05, 0.1) is 13.2 Å². The number of ether oxygens (including phenoxy) is 2. The number of Topliss-reactive ketones (excluding diaryl/α,β-unsaturated/α-hetero) is 1. The summed E-state index contributed by atoms with van der Waals surface area (Å²) in [5.41, 5.74) is 0. The van der Waals surface area contributed by atoms with E-state index >= 15 is 0 Å². The molecule has 1 saturated heterocycles. The van der Waals surface area contributed by atoms with E-state index in [2.05, 4.69) is 9.47 Å². The van der Waals surface area contributed by atoms with Gasteiger partial charge in [0.15, 0.2) is 12.2 Å². The predicted molar refractivity (Wildman–Crippen MR) is 51.0 cm³/mol. The van der Waals surface area contributed by atoms with Crippen LogP contribution in [0.2, 0.25) is 0 Å². The molecule has 0 saturated carbocycles. The number of aliphatic hydroxyl groups is 4. The lowest BCUT2D eigenvalue weighted by Crippen LogP contribution is -2.44. The van der Waals surface area contributed by atoms with E-state index in [0.29, 0.717) is 0 Å². The SMILES string of the molecule is O=C1O[C@H]([C@@H](O)CO)C(OC(=O)C(O)CO)C1=O. The molecule has 4 atom stereocenters. The minimum Gasteiger partial charge on any atom is -0.449 e. The molecule has 18 heavy (non-hydrogen) atoms. The van der Waals surface area contributed by atoms with Crippen LogP contribution >= 0.6 is 0 Å². The van der Waals surface area contributed by atoms with Gasteiger partial charge in [-0.2, -0.15) is 0 Å². The number of carbonyl (C=O) groups excluding carboxylic acids is 3. The van der Waals surface area contributed by atoms with Crippen molar-refractivity contribution < 1.29 is 44.3 Å². The molecule has 9 nitrogen and oxygen atoms in total. The fourth-order valence-electron chi connectivity index (χ4n) is 1.29. The maximum atomic E-state index is 11.3. The van der Waals surface area contributed by atoms with Crippen molar-refractivity contribution in [1.29, 1.82) is 0 Å². The number of rotatable bonds is 5. The van der Waals surface area contributed by atoms with Crippen molar-refractivity contribution in [2.45, 2.75) is 24.4 Å². The van der Waals surface area contributed by atoms with Crippen molar-refractivity contribution in [1.82, 2.24) is 0 Å². The number of carbonyl (C=O) groups is 3. The quantitative estimate of drug-likeness (QED) is 0.288. The maximum Gasteiger partial charge on any atom is 0.379 e. The molecule has 0 aromatic carbocycles. The highest BCUT2D eigenvalue weighted by atomic mass is 16.6. The highest BCUT2D eigenvalue weighted by molar-refractivity contribution is 6.37.